The highest BCUT2D eigenvalue weighted by molar-refractivity contribution is 5.81. The first-order valence-corrected chi connectivity index (χ1v) is 6.71. The number of carbonyl (C=O) groups is 1. The fourth-order valence-electron chi connectivity index (χ4n) is 2.87. The summed E-state index contributed by atoms with van der Waals surface area (Å²) in [6.45, 7) is 4.58. The molecule has 0 radical (unpaired) electrons. The number of likely N-dealkylation sites (N-methyl/N-ethyl adjacent to an activating group) is 2. The summed E-state index contributed by atoms with van der Waals surface area (Å²) in [5, 5.41) is 0. The molecule has 1 fully saturated rings. The number of amides is 1. The summed E-state index contributed by atoms with van der Waals surface area (Å²) in [6, 6.07) is 0.424. The largest absolute Gasteiger partial charge is 0.337 e. The van der Waals surface area contributed by atoms with Gasteiger partial charge in [-0.15, -0.1) is 0 Å². The Morgan fingerprint density at radius 3 is 2.24 bits per heavy atom. The first kappa shape index (κ1) is 14.5. The molecule has 0 saturated heterocycles. The molecule has 0 aromatic rings. The first-order chi connectivity index (χ1) is 7.99. The predicted molar refractivity (Wildman–Crippen MR) is 70.8 cm³/mol. The summed E-state index contributed by atoms with van der Waals surface area (Å²) in [6.07, 6.45) is 4.77. The van der Waals surface area contributed by atoms with Crippen LogP contribution in [-0.2, 0) is 4.79 Å². The quantitative estimate of drug-likeness (QED) is 0.800. The van der Waals surface area contributed by atoms with Crippen molar-refractivity contribution in [1.29, 1.82) is 0 Å². The fourth-order valence-corrected chi connectivity index (χ4v) is 2.87. The Hall–Kier alpha value is -0.610. The fraction of sp³-hybridized carbons (Fsp3) is 0.923. The lowest BCUT2D eigenvalue weighted by Crippen LogP contribution is -2.56. The highest BCUT2D eigenvalue weighted by atomic mass is 16.2. The molecule has 1 amide bonds. The van der Waals surface area contributed by atoms with Crippen LogP contribution in [0, 0.1) is 0 Å². The minimum Gasteiger partial charge on any atom is -0.337 e. The summed E-state index contributed by atoms with van der Waals surface area (Å²) in [5.74, 6) is 0.0891. The average molecular weight is 241 g/mol. The maximum Gasteiger partial charge on any atom is 0.239 e. The van der Waals surface area contributed by atoms with Crippen molar-refractivity contribution in [1.82, 2.24) is 9.80 Å². The van der Waals surface area contributed by atoms with Crippen LogP contribution in [0.15, 0.2) is 0 Å². The Labute approximate surface area is 105 Å². The normalized spacial score (nSPS) is 26.9. The molecule has 1 rings (SSSR count). The average Bonchev–Trinajstić information content (AvgIpc) is 2.30. The van der Waals surface area contributed by atoms with E-state index in [-0.39, 0.29) is 11.9 Å². The third kappa shape index (κ3) is 3.42. The van der Waals surface area contributed by atoms with Crippen LogP contribution in [0.4, 0.5) is 0 Å². The molecular formula is C13H27N3O. The summed E-state index contributed by atoms with van der Waals surface area (Å²) in [4.78, 5) is 16.4. The highest BCUT2D eigenvalue weighted by Crippen LogP contribution is 2.26. The number of carbonyl (C=O) groups excluding carboxylic acids is 1. The Morgan fingerprint density at radius 2 is 1.82 bits per heavy atom. The SMILES string of the molecule is CCN(C(=O)[C@H](C)N)[C@@H]1CCCC[C@H]1N(C)C. The summed E-state index contributed by atoms with van der Waals surface area (Å²) < 4.78 is 0. The van der Waals surface area contributed by atoms with E-state index in [0.29, 0.717) is 12.1 Å². The van der Waals surface area contributed by atoms with Gasteiger partial charge in [0.1, 0.15) is 0 Å². The summed E-state index contributed by atoms with van der Waals surface area (Å²) in [7, 11) is 4.21. The van der Waals surface area contributed by atoms with Crippen LogP contribution in [0.3, 0.4) is 0 Å². The third-order valence-corrected chi connectivity index (χ3v) is 3.77. The van der Waals surface area contributed by atoms with Crippen LogP contribution in [-0.4, -0.2) is 54.5 Å². The van der Waals surface area contributed by atoms with Crippen LogP contribution >= 0.6 is 0 Å². The molecular weight excluding hydrogens is 214 g/mol. The van der Waals surface area contributed by atoms with E-state index >= 15 is 0 Å². The minimum absolute atomic E-state index is 0.0891. The highest BCUT2D eigenvalue weighted by Gasteiger charge is 2.33. The molecule has 3 atom stereocenters. The van der Waals surface area contributed by atoms with E-state index in [1.165, 1.54) is 19.3 Å². The molecule has 100 valence electrons. The molecule has 4 heteroatoms. The van der Waals surface area contributed by atoms with Crippen molar-refractivity contribution in [2.45, 2.75) is 57.7 Å². The lowest BCUT2D eigenvalue weighted by molar-refractivity contribution is -0.136. The number of hydrogen-bond acceptors (Lipinski definition) is 3. The van der Waals surface area contributed by atoms with E-state index in [0.717, 1.165) is 13.0 Å². The Morgan fingerprint density at radius 1 is 1.29 bits per heavy atom. The van der Waals surface area contributed by atoms with Gasteiger partial charge in [0.05, 0.1) is 6.04 Å². The second-order valence-corrected chi connectivity index (χ2v) is 5.30. The van der Waals surface area contributed by atoms with Gasteiger partial charge in [-0.1, -0.05) is 12.8 Å². The van der Waals surface area contributed by atoms with Crippen molar-refractivity contribution in [2.24, 2.45) is 5.73 Å². The zero-order valence-corrected chi connectivity index (χ0v) is 11.6. The van der Waals surface area contributed by atoms with Crippen molar-refractivity contribution in [3.8, 4) is 0 Å². The van der Waals surface area contributed by atoms with Gasteiger partial charge in [-0.05, 0) is 40.8 Å². The van der Waals surface area contributed by atoms with Crippen LogP contribution in [0.2, 0.25) is 0 Å². The predicted octanol–water partition coefficient (Wildman–Crippen LogP) is 1.05. The smallest absolute Gasteiger partial charge is 0.239 e. The number of hydrogen-bond donors (Lipinski definition) is 1. The van der Waals surface area contributed by atoms with E-state index in [1.54, 1.807) is 6.92 Å². The van der Waals surface area contributed by atoms with Crippen LogP contribution in [0.25, 0.3) is 0 Å². The van der Waals surface area contributed by atoms with Crippen molar-refractivity contribution < 1.29 is 4.79 Å². The van der Waals surface area contributed by atoms with Gasteiger partial charge in [0.15, 0.2) is 0 Å². The monoisotopic (exact) mass is 241 g/mol. The van der Waals surface area contributed by atoms with Crippen molar-refractivity contribution in [2.75, 3.05) is 20.6 Å². The Bertz CT molecular complexity index is 253. The van der Waals surface area contributed by atoms with Gasteiger partial charge in [-0.25, -0.2) is 0 Å². The van der Waals surface area contributed by atoms with Gasteiger partial charge in [0.2, 0.25) is 5.91 Å². The topological polar surface area (TPSA) is 49.6 Å². The molecule has 0 unspecified atom stereocenters. The van der Waals surface area contributed by atoms with E-state index < -0.39 is 0 Å². The van der Waals surface area contributed by atoms with Crippen molar-refractivity contribution in [3.05, 3.63) is 0 Å². The molecule has 1 aliphatic carbocycles. The molecule has 0 heterocycles. The van der Waals surface area contributed by atoms with Crippen molar-refractivity contribution >= 4 is 5.91 Å². The van der Waals surface area contributed by atoms with E-state index in [1.807, 2.05) is 11.8 Å². The lowest BCUT2D eigenvalue weighted by Gasteiger charge is -2.43. The maximum absolute atomic E-state index is 12.1. The molecule has 1 aliphatic rings. The van der Waals surface area contributed by atoms with E-state index in [9.17, 15) is 4.79 Å². The summed E-state index contributed by atoms with van der Waals surface area (Å²) in [5.41, 5.74) is 5.74. The number of nitrogens with zero attached hydrogens (tertiary/aromatic N) is 2. The second-order valence-electron chi connectivity index (χ2n) is 5.30. The van der Waals surface area contributed by atoms with Crippen LogP contribution < -0.4 is 5.73 Å². The number of nitrogens with two attached hydrogens (primary N) is 1. The molecule has 0 aromatic carbocycles. The van der Waals surface area contributed by atoms with Gasteiger partial charge in [0.25, 0.3) is 0 Å². The van der Waals surface area contributed by atoms with Gasteiger partial charge < -0.3 is 15.5 Å². The molecule has 0 spiro atoms. The third-order valence-electron chi connectivity index (χ3n) is 3.77. The first-order valence-electron chi connectivity index (χ1n) is 6.71. The standard InChI is InChI=1S/C13H27N3O/c1-5-16(13(17)10(2)14)12-9-7-6-8-11(12)15(3)4/h10-12H,5-9,14H2,1-4H3/t10-,11+,12+/m0/s1. The molecule has 1 saturated carbocycles. The van der Waals surface area contributed by atoms with Crippen LogP contribution in [0.1, 0.15) is 39.5 Å². The molecule has 0 bridgehead atoms. The van der Waals surface area contributed by atoms with Gasteiger partial charge in [-0.2, -0.15) is 0 Å². The van der Waals surface area contributed by atoms with Crippen LogP contribution in [0.5, 0.6) is 0 Å². The summed E-state index contributed by atoms with van der Waals surface area (Å²) >= 11 is 0. The molecule has 0 aromatic heterocycles. The number of rotatable bonds is 4. The van der Waals surface area contributed by atoms with Gasteiger partial charge >= 0.3 is 0 Å². The molecule has 0 aliphatic heterocycles. The van der Waals surface area contributed by atoms with Crippen molar-refractivity contribution in [3.63, 3.8) is 0 Å². The van der Waals surface area contributed by atoms with Gasteiger partial charge in [0, 0.05) is 18.6 Å². The van der Waals surface area contributed by atoms with E-state index in [2.05, 4.69) is 19.0 Å². The molecule has 4 nitrogen and oxygen atoms in total. The lowest BCUT2D eigenvalue weighted by atomic mass is 9.88. The second kappa shape index (κ2) is 6.36. The van der Waals surface area contributed by atoms with Gasteiger partial charge in [-0.3, -0.25) is 4.79 Å². The maximum atomic E-state index is 12.1. The Balaban J connectivity index is 2.80. The van der Waals surface area contributed by atoms with E-state index in [4.69, 9.17) is 5.73 Å². The zero-order chi connectivity index (χ0) is 13.0. The Kier molecular flexibility index (Phi) is 5.40. The molecule has 17 heavy (non-hydrogen) atoms. The minimum atomic E-state index is -0.389. The zero-order valence-electron chi connectivity index (χ0n) is 11.6. The molecule has 2 N–H and O–H groups in total.